The van der Waals surface area contributed by atoms with Crippen molar-refractivity contribution in [2.24, 2.45) is 0 Å². The number of anilines is 3. The summed E-state index contributed by atoms with van der Waals surface area (Å²) in [5.74, 6) is 0.361. The van der Waals surface area contributed by atoms with Gasteiger partial charge in [0.15, 0.2) is 0 Å². The van der Waals surface area contributed by atoms with E-state index in [1.165, 1.54) is 0 Å². The largest absolute Gasteiger partial charge is 0.324 e. The van der Waals surface area contributed by atoms with Crippen molar-refractivity contribution in [3.63, 3.8) is 0 Å². The van der Waals surface area contributed by atoms with Crippen LogP contribution in [0.3, 0.4) is 0 Å². The second kappa shape index (κ2) is 9.39. The van der Waals surface area contributed by atoms with Crippen molar-refractivity contribution in [2.75, 3.05) is 10.6 Å². The van der Waals surface area contributed by atoms with Crippen molar-refractivity contribution in [1.29, 1.82) is 0 Å². The number of aromatic nitrogens is 2. The Morgan fingerprint density at radius 3 is 2.20 bits per heavy atom. The van der Waals surface area contributed by atoms with E-state index in [0.29, 0.717) is 11.5 Å². The molecule has 5 heteroatoms. The van der Waals surface area contributed by atoms with Crippen LogP contribution in [0.4, 0.5) is 17.3 Å². The Morgan fingerprint density at radius 1 is 0.743 bits per heavy atom. The number of benzene rings is 4. The van der Waals surface area contributed by atoms with Crippen molar-refractivity contribution >= 4 is 34.1 Å². The summed E-state index contributed by atoms with van der Waals surface area (Å²) in [7, 11) is 0. The Morgan fingerprint density at radius 2 is 1.46 bits per heavy atom. The first-order valence-electron chi connectivity index (χ1n) is 11.6. The van der Waals surface area contributed by atoms with Gasteiger partial charge in [0, 0.05) is 27.9 Å². The van der Waals surface area contributed by atoms with Gasteiger partial charge in [0.1, 0.15) is 0 Å². The van der Waals surface area contributed by atoms with Gasteiger partial charge in [-0.15, -0.1) is 0 Å². The summed E-state index contributed by atoms with van der Waals surface area (Å²) in [6.45, 7) is 6.09. The molecule has 0 saturated carbocycles. The Kier molecular flexibility index (Phi) is 5.98. The van der Waals surface area contributed by atoms with Crippen LogP contribution in [-0.4, -0.2) is 15.9 Å². The molecular formula is C30H26N4O. The lowest BCUT2D eigenvalue weighted by Crippen LogP contribution is -2.12. The van der Waals surface area contributed by atoms with E-state index in [2.05, 4.69) is 47.9 Å². The second-order valence-corrected chi connectivity index (χ2v) is 8.76. The molecule has 2 N–H and O–H groups in total. The Hall–Kier alpha value is -4.51. The minimum absolute atomic E-state index is 0.146. The minimum atomic E-state index is -0.146. The Labute approximate surface area is 204 Å². The fourth-order valence-corrected chi connectivity index (χ4v) is 4.10. The molecule has 5 rings (SSSR count). The summed E-state index contributed by atoms with van der Waals surface area (Å²) >= 11 is 0. The fraction of sp³-hybridized carbons (Fsp3) is 0.100. The smallest absolute Gasteiger partial charge is 0.255 e. The van der Waals surface area contributed by atoms with Crippen LogP contribution in [-0.2, 0) is 0 Å². The third-order valence-corrected chi connectivity index (χ3v) is 5.93. The SMILES string of the molecule is Cc1ccc(NC(=O)c2ccc(Nc3nc(-c4ccccc4)c4cc(C)ccc4n3)cc2)c(C)c1. The molecule has 35 heavy (non-hydrogen) atoms. The lowest BCUT2D eigenvalue weighted by molar-refractivity contribution is 0.102. The van der Waals surface area contributed by atoms with E-state index in [9.17, 15) is 4.79 Å². The summed E-state index contributed by atoms with van der Waals surface area (Å²) in [6.07, 6.45) is 0. The van der Waals surface area contributed by atoms with E-state index < -0.39 is 0 Å². The molecule has 4 aromatic carbocycles. The van der Waals surface area contributed by atoms with Gasteiger partial charge in [0.2, 0.25) is 5.95 Å². The van der Waals surface area contributed by atoms with Crippen LogP contribution in [0.1, 0.15) is 27.0 Å². The molecule has 0 aliphatic carbocycles. The van der Waals surface area contributed by atoms with Crippen LogP contribution < -0.4 is 10.6 Å². The van der Waals surface area contributed by atoms with Crippen LogP contribution in [0.15, 0.2) is 91.0 Å². The number of carbonyl (C=O) groups is 1. The fourth-order valence-electron chi connectivity index (χ4n) is 4.10. The van der Waals surface area contributed by atoms with Crippen molar-refractivity contribution in [3.8, 4) is 11.3 Å². The molecular weight excluding hydrogens is 432 g/mol. The number of rotatable bonds is 5. The molecule has 0 radical (unpaired) electrons. The minimum Gasteiger partial charge on any atom is -0.324 e. The van der Waals surface area contributed by atoms with Gasteiger partial charge in [-0.1, -0.05) is 59.7 Å². The van der Waals surface area contributed by atoms with Gasteiger partial charge in [-0.05, 0) is 68.8 Å². The predicted octanol–water partition coefficient (Wildman–Crippen LogP) is 7.22. The second-order valence-electron chi connectivity index (χ2n) is 8.76. The predicted molar refractivity (Wildman–Crippen MR) is 143 cm³/mol. The van der Waals surface area contributed by atoms with Gasteiger partial charge in [0.05, 0.1) is 11.2 Å². The molecule has 1 aromatic heterocycles. The zero-order valence-electron chi connectivity index (χ0n) is 20.0. The quantitative estimate of drug-likeness (QED) is 0.292. The number of nitrogens with zero attached hydrogens (tertiary/aromatic N) is 2. The summed E-state index contributed by atoms with van der Waals surface area (Å²) in [6, 6.07) is 29.6. The van der Waals surface area contributed by atoms with Gasteiger partial charge >= 0.3 is 0 Å². The van der Waals surface area contributed by atoms with Crippen molar-refractivity contribution < 1.29 is 4.79 Å². The molecule has 5 nitrogen and oxygen atoms in total. The van der Waals surface area contributed by atoms with Crippen molar-refractivity contribution in [3.05, 3.63) is 113 Å². The van der Waals surface area contributed by atoms with Crippen LogP contribution in [0.2, 0.25) is 0 Å². The van der Waals surface area contributed by atoms with Gasteiger partial charge < -0.3 is 10.6 Å². The highest BCUT2D eigenvalue weighted by Gasteiger charge is 2.12. The maximum atomic E-state index is 12.7. The number of carbonyl (C=O) groups excluding carboxylic acids is 1. The molecule has 0 aliphatic heterocycles. The number of nitrogens with one attached hydrogen (secondary N) is 2. The molecule has 5 aromatic rings. The first kappa shape index (κ1) is 22.3. The van der Waals surface area contributed by atoms with Crippen LogP contribution in [0, 0.1) is 20.8 Å². The van der Waals surface area contributed by atoms with E-state index >= 15 is 0 Å². The average molecular weight is 459 g/mol. The molecule has 0 saturated heterocycles. The monoisotopic (exact) mass is 458 g/mol. The Balaban J connectivity index is 1.40. The Bertz CT molecular complexity index is 1530. The van der Waals surface area contributed by atoms with Crippen LogP contribution >= 0.6 is 0 Å². The summed E-state index contributed by atoms with van der Waals surface area (Å²) in [5, 5.41) is 7.30. The number of fused-ring (bicyclic) bond motifs is 1. The first-order chi connectivity index (χ1) is 17.0. The molecule has 0 spiro atoms. The van der Waals surface area contributed by atoms with E-state index in [1.807, 2.05) is 62.4 Å². The van der Waals surface area contributed by atoms with Gasteiger partial charge in [0.25, 0.3) is 5.91 Å². The van der Waals surface area contributed by atoms with E-state index in [1.54, 1.807) is 12.1 Å². The van der Waals surface area contributed by atoms with Crippen LogP contribution in [0.25, 0.3) is 22.2 Å². The highest BCUT2D eigenvalue weighted by Crippen LogP contribution is 2.29. The van der Waals surface area contributed by atoms with Crippen molar-refractivity contribution in [2.45, 2.75) is 20.8 Å². The first-order valence-corrected chi connectivity index (χ1v) is 11.6. The zero-order valence-corrected chi connectivity index (χ0v) is 20.0. The summed E-state index contributed by atoms with van der Waals surface area (Å²) in [5.41, 5.74) is 8.35. The van der Waals surface area contributed by atoms with E-state index in [0.717, 1.165) is 50.2 Å². The standard InChI is InChI=1S/C30H26N4O/c1-19-9-15-26(21(3)17-19)32-29(35)23-11-13-24(14-12-23)31-30-33-27-16-10-20(2)18-25(27)28(34-30)22-7-5-4-6-8-22/h4-18H,1-3H3,(H,32,35)(H,31,33,34). The maximum absolute atomic E-state index is 12.7. The van der Waals surface area contributed by atoms with Gasteiger partial charge in [-0.3, -0.25) is 4.79 Å². The topological polar surface area (TPSA) is 66.9 Å². The molecule has 0 aliphatic rings. The van der Waals surface area contributed by atoms with Gasteiger partial charge in [-0.2, -0.15) is 0 Å². The summed E-state index contributed by atoms with van der Waals surface area (Å²) in [4.78, 5) is 22.3. The number of aryl methyl sites for hydroxylation is 3. The van der Waals surface area contributed by atoms with E-state index in [-0.39, 0.29) is 5.91 Å². The maximum Gasteiger partial charge on any atom is 0.255 e. The number of amides is 1. The lowest BCUT2D eigenvalue weighted by Gasteiger charge is -2.12. The highest BCUT2D eigenvalue weighted by molar-refractivity contribution is 6.04. The molecule has 172 valence electrons. The third kappa shape index (κ3) is 4.89. The highest BCUT2D eigenvalue weighted by atomic mass is 16.1. The molecule has 1 amide bonds. The number of hydrogen-bond donors (Lipinski definition) is 2. The third-order valence-electron chi connectivity index (χ3n) is 5.93. The molecule has 0 bridgehead atoms. The average Bonchev–Trinajstić information content (AvgIpc) is 2.86. The molecule has 0 unspecified atom stereocenters. The lowest BCUT2D eigenvalue weighted by atomic mass is 10.0. The van der Waals surface area contributed by atoms with E-state index in [4.69, 9.17) is 9.97 Å². The molecule has 0 fully saturated rings. The van der Waals surface area contributed by atoms with Gasteiger partial charge in [-0.25, -0.2) is 9.97 Å². The molecule has 0 atom stereocenters. The molecule has 1 heterocycles. The normalized spacial score (nSPS) is 10.8. The number of hydrogen-bond acceptors (Lipinski definition) is 4. The van der Waals surface area contributed by atoms with Crippen LogP contribution in [0.5, 0.6) is 0 Å². The zero-order chi connectivity index (χ0) is 24.4. The van der Waals surface area contributed by atoms with Crippen molar-refractivity contribution in [1.82, 2.24) is 9.97 Å². The summed E-state index contributed by atoms with van der Waals surface area (Å²) < 4.78 is 0.